The Morgan fingerprint density at radius 3 is 2.55 bits per heavy atom. The van der Waals surface area contributed by atoms with Crippen molar-refractivity contribution < 1.29 is 36.3 Å². The van der Waals surface area contributed by atoms with Crippen LogP contribution in [0, 0.1) is 5.92 Å². The third kappa shape index (κ3) is 7.26. The second-order valence-corrected chi connectivity index (χ2v) is 17.9. The van der Waals surface area contributed by atoms with Crippen LogP contribution in [-0.4, -0.2) is 101 Å². The summed E-state index contributed by atoms with van der Waals surface area (Å²) in [5.74, 6) is -6.27. The fraction of sp³-hybridized carbons (Fsp3) is 0.556. The lowest BCUT2D eigenvalue weighted by Gasteiger charge is -2.28. The number of aliphatic imine (C=N–C) groups is 2. The molecule has 3 aliphatic heterocycles. The van der Waals surface area contributed by atoms with Crippen molar-refractivity contribution in [2.24, 2.45) is 21.6 Å². The number of halogens is 2. The van der Waals surface area contributed by atoms with Crippen molar-refractivity contribution in [2.45, 2.75) is 111 Å². The summed E-state index contributed by atoms with van der Waals surface area (Å²) >= 11 is 1.44. The van der Waals surface area contributed by atoms with Crippen LogP contribution in [0.25, 0.3) is 10.2 Å². The minimum absolute atomic E-state index is 0.0286. The van der Waals surface area contributed by atoms with Crippen LogP contribution in [-0.2, 0) is 29.1 Å². The van der Waals surface area contributed by atoms with Crippen LogP contribution in [0.1, 0.15) is 69.2 Å². The van der Waals surface area contributed by atoms with Gasteiger partial charge >= 0.3 is 0 Å². The van der Waals surface area contributed by atoms with Crippen LogP contribution in [0.2, 0.25) is 0 Å². The van der Waals surface area contributed by atoms with Gasteiger partial charge in [0, 0.05) is 19.3 Å². The molecule has 2 aromatic rings. The number of benzene rings is 1. The molecule has 2 unspecified atom stereocenters. The van der Waals surface area contributed by atoms with Gasteiger partial charge in [-0.2, -0.15) is 0 Å². The first kappa shape index (κ1) is 35.9. The predicted molar refractivity (Wildman–Crippen MR) is 194 cm³/mol. The molecule has 13 nitrogen and oxygen atoms in total. The quantitative estimate of drug-likeness (QED) is 0.414. The number of nitrogens with zero attached hydrogens (tertiary/aromatic N) is 4. The summed E-state index contributed by atoms with van der Waals surface area (Å²) in [5, 5.41) is 2.51. The van der Waals surface area contributed by atoms with Crippen molar-refractivity contribution in [1.82, 2.24) is 19.9 Å². The zero-order valence-electron chi connectivity index (χ0n) is 28.8. The van der Waals surface area contributed by atoms with Crippen molar-refractivity contribution in [1.29, 1.82) is 0 Å². The Balaban J connectivity index is 1.08. The van der Waals surface area contributed by atoms with E-state index in [1.54, 1.807) is 0 Å². The number of carbonyl (C=O) groups is 3. The molecule has 1 aromatic heterocycles. The SMILES string of the molecule is N[C@H]1CCCCCC(F)(F)C[C@@H]2C[C@@]2(C(=O)NS(=O)(=O)C2CC2)NC(=O)[C@@H]2C[C@@H](OC3=NC4C=CC=CC4N=C3c3nc4ccccc4s3)CN2C1=O. The number of thiazole rings is 1. The molecule has 8 rings (SSSR count). The molecule has 1 aromatic carbocycles. The molecule has 17 heteroatoms. The van der Waals surface area contributed by atoms with Gasteiger partial charge in [-0.15, -0.1) is 11.3 Å². The first-order valence-electron chi connectivity index (χ1n) is 18.2. The minimum Gasteiger partial charge on any atom is -0.471 e. The van der Waals surface area contributed by atoms with Gasteiger partial charge in [-0.25, -0.2) is 27.2 Å². The second-order valence-electron chi connectivity index (χ2n) is 14.9. The molecule has 4 heterocycles. The third-order valence-electron chi connectivity index (χ3n) is 10.9. The lowest BCUT2D eigenvalue weighted by molar-refractivity contribution is -0.140. The maximum atomic E-state index is 15.2. The molecule has 282 valence electrons. The molecular weight excluding hydrogens is 729 g/mol. The number of allylic oxidation sites excluding steroid dienone is 2. The summed E-state index contributed by atoms with van der Waals surface area (Å²) in [5.41, 5.74) is 5.71. The molecule has 2 saturated heterocycles. The van der Waals surface area contributed by atoms with E-state index < -0.39 is 81.4 Å². The number of sulfonamides is 1. The van der Waals surface area contributed by atoms with Crippen LogP contribution < -0.4 is 15.8 Å². The molecule has 0 bridgehead atoms. The van der Waals surface area contributed by atoms with Crippen LogP contribution in [0.3, 0.4) is 0 Å². The Morgan fingerprint density at radius 1 is 1.04 bits per heavy atom. The molecule has 3 aliphatic carbocycles. The first-order chi connectivity index (χ1) is 25.3. The molecule has 0 radical (unpaired) electrons. The van der Waals surface area contributed by atoms with Crippen molar-refractivity contribution in [2.75, 3.05) is 6.54 Å². The van der Waals surface area contributed by atoms with Crippen LogP contribution in [0.5, 0.6) is 0 Å². The Labute approximate surface area is 309 Å². The number of alkyl halides is 2. The van der Waals surface area contributed by atoms with E-state index in [2.05, 4.69) is 10.0 Å². The smallest absolute Gasteiger partial charge is 0.259 e. The van der Waals surface area contributed by atoms with Gasteiger partial charge < -0.3 is 20.7 Å². The van der Waals surface area contributed by atoms with Gasteiger partial charge in [0.05, 0.1) is 40.1 Å². The molecule has 4 fully saturated rings. The van der Waals surface area contributed by atoms with E-state index >= 15 is 8.78 Å². The average Bonchev–Trinajstić information content (AvgIpc) is 4.00. The number of carbonyl (C=O) groups excluding carboxylic acids is 3. The number of hydrogen-bond acceptors (Lipinski definition) is 11. The van der Waals surface area contributed by atoms with Gasteiger partial charge in [0.1, 0.15) is 22.7 Å². The molecule has 3 amide bonds. The highest BCUT2D eigenvalue weighted by Crippen LogP contribution is 2.51. The van der Waals surface area contributed by atoms with Gasteiger partial charge in [-0.3, -0.25) is 24.1 Å². The maximum Gasteiger partial charge on any atom is 0.259 e. The van der Waals surface area contributed by atoms with E-state index in [0.29, 0.717) is 36.4 Å². The highest BCUT2D eigenvalue weighted by molar-refractivity contribution is 7.91. The summed E-state index contributed by atoms with van der Waals surface area (Å²) in [6, 6.07) is 4.87. The fourth-order valence-corrected chi connectivity index (χ4v) is 10.1. The molecular formula is C36H41F2N7O6S2. The topological polar surface area (TPSA) is 186 Å². The second kappa shape index (κ2) is 13.6. The average molecular weight is 770 g/mol. The number of fused-ring (bicyclic) bond motifs is 4. The summed E-state index contributed by atoms with van der Waals surface area (Å²) in [7, 11) is -4.04. The maximum absolute atomic E-state index is 15.2. The van der Waals surface area contributed by atoms with E-state index in [1.807, 2.05) is 48.6 Å². The lowest BCUT2D eigenvalue weighted by atomic mass is 10.0. The van der Waals surface area contributed by atoms with Crippen molar-refractivity contribution >= 4 is 60.9 Å². The van der Waals surface area contributed by atoms with E-state index in [-0.39, 0.29) is 50.2 Å². The Kier molecular flexibility index (Phi) is 9.24. The summed E-state index contributed by atoms with van der Waals surface area (Å²) in [6.07, 6.45) is 7.57. The highest BCUT2D eigenvalue weighted by Gasteiger charge is 2.65. The predicted octanol–water partition coefficient (Wildman–Crippen LogP) is 3.15. The number of hydrogen-bond donors (Lipinski definition) is 3. The summed E-state index contributed by atoms with van der Waals surface area (Å²) in [4.78, 5) is 57.7. The highest BCUT2D eigenvalue weighted by atomic mass is 32.2. The Hall–Kier alpha value is -4.09. The largest absolute Gasteiger partial charge is 0.471 e. The molecule has 7 atom stereocenters. The number of amides is 3. The van der Waals surface area contributed by atoms with Crippen LogP contribution in [0.4, 0.5) is 8.78 Å². The Morgan fingerprint density at radius 2 is 1.79 bits per heavy atom. The van der Waals surface area contributed by atoms with Crippen molar-refractivity contribution in [3.05, 3.63) is 53.6 Å². The first-order valence-corrected chi connectivity index (χ1v) is 20.5. The van der Waals surface area contributed by atoms with Gasteiger partial charge in [0.2, 0.25) is 33.7 Å². The molecule has 4 N–H and O–H groups in total. The number of aromatic nitrogens is 1. The van der Waals surface area contributed by atoms with Crippen LogP contribution in [0.15, 0.2) is 58.6 Å². The van der Waals surface area contributed by atoms with Gasteiger partial charge in [0.25, 0.3) is 5.91 Å². The molecule has 0 spiro atoms. The zero-order valence-corrected chi connectivity index (χ0v) is 30.5. The van der Waals surface area contributed by atoms with E-state index in [4.69, 9.17) is 25.4 Å². The molecule has 6 aliphatic rings. The summed E-state index contributed by atoms with van der Waals surface area (Å²) < 4.78 is 65.4. The molecule has 2 saturated carbocycles. The fourth-order valence-electron chi connectivity index (χ4n) is 7.74. The number of rotatable bonds is 5. The lowest BCUT2D eigenvalue weighted by Crippen LogP contribution is -2.58. The third-order valence-corrected chi connectivity index (χ3v) is 13.8. The van der Waals surface area contributed by atoms with Crippen molar-refractivity contribution in [3.8, 4) is 0 Å². The summed E-state index contributed by atoms with van der Waals surface area (Å²) in [6.45, 7) is -0.0443. The van der Waals surface area contributed by atoms with E-state index in [0.717, 1.165) is 10.2 Å². The molecule has 53 heavy (non-hydrogen) atoms. The monoisotopic (exact) mass is 769 g/mol. The standard InChI is InChI=1S/C36H41F2N7O6S2/c37-35(38)15-7-1-2-8-23(39)33(47)45-19-21(16-27(45)30(46)43-36(18-20(36)17-35)34(48)44-53(49,50)22-13-14-22)51-31-29(40-24-9-3-4-10-25(24)41-31)32-42-26-11-5-6-12-28(26)52-32/h3-6,9-12,20-25,27H,1-2,7-8,13-19,39H2,(H,43,46)(H,44,48)/t20-,21-,23+,24?,25?,27+,36-/m1/s1. The number of ether oxygens (including phenoxy) is 1. The number of nitrogens with two attached hydrogens (primary N) is 1. The van der Waals surface area contributed by atoms with Crippen LogP contribution >= 0.6 is 11.3 Å². The Bertz CT molecular complexity index is 2030. The van der Waals surface area contributed by atoms with Gasteiger partial charge in [0.15, 0.2) is 5.71 Å². The van der Waals surface area contributed by atoms with E-state index in [9.17, 15) is 22.8 Å². The van der Waals surface area contributed by atoms with E-state index in [1.165, 1.54) is 16.2 Å². The van der Waals surface area contributed by atoms with Gasteiger partial charge in [-0.1, -0.05) is 49.3 Å². The number of nitrogens with one attached hydrogen (secondary N) is 2. The normalized spacial score (nSPS) is 33.0. The van der Waals surface area contributed by atoms with Gasteiger partial charge in [-0.05, 0) is 50.2 Å². The number of para-hydroxylation sites is 1. The van der Waals surface area contributed by atoms with Crippen molar-refractivity contribution in [3.63, 3.8) is 0 Å². The zero-order chi connectivity index (χ0) is 37.1. The minimum atomic E-state index is -4.04.